The maximum atomic E-state index is 11.0. The van der Waals surface area contributed by atoms with Gasteiger partial charge in [0, 0.05) is 10.7 Å². The van der Waals surface area contributed by atoms with Gasteiger partial charge in [-0.25, -0.2) is 12.8 Å². The van der Waals surface area contributed by atoms with E-state index in [9.17, 15) is 12.8 Å². The molecule has 0 rings (SSSR count). The van der Waals surface area contributed by atoms with Gasteiger partial charge < -0.3 is 0 Å². The first kappa shape index (κ1) is 7.91. The molecule has 0 fully saturated rings. The van der Waals surface area contributed by atoms with Crippen molar-refractivity contribution in [3.8, 4) is 0 Å². The Bertz CT molecular complexity index is 172. The Labute approximate surface area is 51.4 Å². The zero-order valence-electron chi connectivity index (χ0n) is 3.84. The lowest BCUT2D eigenvalue weighted by Crippen LogP contribution is -1.90. The average Bonchev–Trinajstić information content (AvgIpc) is 1.59. The molecule has 8 heavy (non-hydrogen) atoms. The molecular weight excluding hydrogens is 155 g/mol. The van der Waals surface area contributed by atoms with Crippen LogP contribution < -0.4 is 0 Å². The van der Waals surface area contributed by atoms with Crippen LogP contribution in [0.2, 0.25) is 0 Å². The predicted octanol–water partition coefficient (Wildman–Crippen LogP) is 1.04. The molecule has 0 unspecified atom stereocenters. The van der Waals surface area contributed by atoms with E-state index in [1.807, 2.05) is 0 Å². The third-order valence-corrected chi connectivity index (χ3v) is 1.35. The molecule has 5 heteroatoms. The molecule has 0 heterocycles. The minimum absolute atomic E-state index is 0.139. The van der Waals surface area contributed by atoms with Crippen molar-refractivity contribution in [3.05, 3.63) is 12.4 Å². The Morgan fingerprint density at radius 1 is 1.62 bits per heavy atom. The molecule has 0 aliphatic rings. The number of rotatable bonds is 2. The second kappa shape index (κ2) is 3.04. The molecule has 0 saturated heterocycles. The predicted molar refractivity (Wildman–Crippen MR) is 29.9 cm³/mol. The summed E-state index contributed by atoms with van der Waals surface area (Å²) in [6, 6.07) is 0. The summed E-state index contributed by atoms with van der Waals surface area (Å²) in [5.74, 6) is -0.453. The quantitative estimate of drug-likeness (QED) is 0.563. The fourth-order valence-corrected chi connectivity index (χ4v) is 0.672. The van der Waals surface area contributed by atoms with Crippen LogP contribution in [0, 0.1) is 0 Å². The molecule has 0 aliphatic heterocycles. The summed E-state index contributed by atoms with van der Waals surface area (Å²) >= 11 is 0. The van der Waals surface area contributed by atoms with Gasteiger partial charge >= 0.3 is 0 Å². The van der Waals surface area contributed by atoms with Crippen molar-refractivity contribution >= 4 is 19.7 Å². The molecule has 0 saturated carbocycles. The van der Waals surface area contributed by atoms with Crippen LogP contribution >= 0.6 is 10.7 Å². The molecule has 0 radical (unpaired) electrons. The van der Waals surface area contributed by atoms with Gasteiger partial charge in [0.15, 0.2) is 0 Å². The minimum Gasteiger partial charge on any atom is -0.216 e. The van der Waals surface area contributed by atoms with Crippen molar-refractivity contribution in [1.29, 1.82) is 0 Å². The van der Waals surface area contributed by atoms with Crippen LogP contribution in [0.4, 0.5) is 4.39 Å². The molecule has 0 N–H and O–H groups in total. The van der Waals surface area contributed by atoms with Crippen LogP contribution in [0.5, 0.6) is 0 Å². The fraction of sp³-hybridized carbons (Fsp3) is 0.333. The van der Waals surface area contributed by atoms with Crippen LogP contribution in [0.3, 0.4) is 0 Å². The van der Waals surface area contributed by atoms with E-state index in [2.05, 4.69) is 10.7 Å². The highest BCUT2D eigenvalue weighted by atomic mass is 35.7. The van der Waals surface area contributed by atoms with E-state index in [0.717, 1.165) is 6.08 Å². The van der Waals surface area contributed by atoms with Gasteiger partial charge in [-0.2, -0.15) is 0 Å². The van der Waals surface area contributed by atoms with E-state index < -0.39 is 14.8 Å². The van der Waals surface area contributed by atoms with Crippen molar-refractivity contribution in [1.82, 2.24) is 0 Å². The monoisotopic (exact) mass is 158 g/mol. The first-order chi connectivity index (χ1) is 3.56. The van der Waals surface area contributed by atoms with Crippen LogP contribution in [0.25, 0.3) is 0 Å². The summed E-state index contributed by atoms with van der Waals surface area (Å²) < 4.78 is 30.9. The standard InChI is InChI=1S/C3H4ClFO2S/c4-8(6,7)3-1-2-5/h1-2H,3H2. The zero-order valence-corrected chi connectivity index (χ0v) is 5.41. The van der Waals surface area contributed by atoms with E-state index >= 15 is 0 Å². The number of halogens is 2. The van der Waals surface area contributed by atoms with Gasteiger partial charge in [0.25, 0.3) is 0 Å². The minimum atomic E-state index is -3.54. The Hall–Kier alpha value is -0.0900. The topological polar surface area (TPSA) is 34.1 Å². The Kier molecular flexibility index (Phi) is 3.01. The zero-order chi connectivity index (χ0) is 6.62. The summed E-state index contributed by atoms with van der Waals surface area (Å²) in [5, 5.41) is 0. The van der Waals surface area contributed by atoms with E-state index in [1.165, 1.54) is 0 Å². The summed E-state index contributed by atoms with van der Waals surface area (Å²) in [4.78, 5) is 0. The molecular formula is C3H4ClFO2S. The Balaban J connectivity index is 3.76. The highest BCUT2D eigenvalue weighted by Crippen LogP contribution is 1.95. The third kappa shape index (κ3) is 5.91. The number of hydrogen-bond acceptors (Lipinski definition) is 2. The van der Waals surface area contributed by atoms with Gasteiger partial charge in [0.2, 0.25) is 9.05 Å². The lowest BCUT2D eigenvalue weighted by atomic mass is 10.7. The lowest BCUT2D eigenvalue weighted by molar-refractivity contribution is 0.611. The second-order valence-corrected chi connectivity index (χ2v) is 3.89. The van der Waals surface area contributed by atoms with Gasteiger partial charge in [0.05, 0.1) is 12.1 Å². The molecule has 0 atom stereocenters. The highest BCUT2D eigenvalue weighted by molar-refractivity contribution is 8.13. The summed E-state index contributed by atoms with van der Waals surface area (Å²) in [6.07, 6.45) is 0.961. The lowest BCUT2D eigenvalue weighted by Gasteiger charge is -1.80. The van der Waals surface area contributed by atoms with E-state index in [1.54, 1.807) is 0 Å². The molecule has 48 valence electrons. The van der Waals surface area contributed by atoms with E-state index in [4.69, 9.17) is 0 Å². The molecule has 0 spiro atoms. The first-order valence-electron chi connectivity index (χ1n) is 1.74. The maximum absolute atomic E-state index is 11.0. The van der Waals surface area contributed by atoms with E-state index in [0.29, 0.717) is 0 Å². The Morgan fingerprint density at radius 3 is 2.25 bits per heavy atom. The smallest absolute Gasteiger partial charge is 0.216 e. The SMILES string of the molecule is O=S(=O)(Cl)CC=CF. The molecule has 0 aromatic carbocycles. The second-order valence-electron chi connectivity index (χ2n) is 1.07. The van der Waals surface area contributed by atoms with Crippen molar-refractivity contribution in [2.75, 3.05) is 5.75 Å². The van der Waals surface area contributed by atoms with Crippen molar-refractivity contribution in [3.63, 3.8) is 0 Å². The molecule has 0 amide bonds. The highest BCUT2D eigenvalue weighted by Gasteiger charge is 1.98. The molecule has 2 nitrogen and oxygen atoms in total. The van der Waals surface area contributed by atoms with E-state index in [-0.39, 0.29) is 6.33 Å². The largest absolute Gasteiger partial charge is 0.236 e. The fourth-order valence-electron chi connectivity index (χ4n) is 0.151. The molecule has 0 aliphatic carbocycles. The van der Waals surface area contributed by atoms with Crippen molar-refractivity contribution < 1.29 is 12.8 Å². The summed E-state index contributed by atoms with van der Waals surface area (Å²) in [6.45, 7) is 0. The van der Waals surface area contributed by atoms with Crippen LogP contribution in [-0.2, 0) is 9.05 Å². The molecule has 0 aromatic heterocycles. The summed E-state index contributed by atoms with van der Waals surface area (Å²) in [5.41, 5.74) is 0. The van der Waals surface area contributed by atoms with Gasteiger partial charge in [-0.1, -0.05) is 0 Å². The molecule has 0 bridgehead atoms. The van der Waals surface area contributed by atoms with Gasteiger partial charge in [-0.3, -0.25) is 0 Å². The van der Waals surface area contributed by atoms with Crippen molar-refractivity contribution in [2.24, 2.45) is 0 Å². The first-order valence-corrected chi connectivity index (χ1v) is 4.21. The Morgan fingerprint density at radius 2 is 2.12 bits per heavy atom. The summed E-state index contributed by atoms with van der Waals surface area (Å²) in [7, 11) is 1.13. The number of hydrogen-bond donors (Lipinski definition) is 0. The van der Waals surface area contributed by atoms with Gasteiger partial charge in [-0.05, 0) is 6.08 Å². The van der Waals surface area contributed by atoms with Crippen LogP contribution in [0.1, 0.15) is 0 Å². The molecule has 0 aromatic rings. The third-order valence-electron chi connectivity index (χ3n) is 0.384. The average molecular weight is 159 g/mol. The van der Waals surface area contributed by atoms with Crippen molar-refractivity contribution in [2.45, 2.75) is 0 Å². The maximum Gasteiger partial charge on any atom is 0.236 e. The van der Waals surface area contributed by atoms with Gasteiger partial charge in [-0.15, -0.1) is 0 Å². The van der Waals surface area contributed by atoms with Crippen LogP contribution in [0.15, 0.2) is 12.4 Å². The van der Waals surface area contributed by atoms with Crippen LogP contribution in [-0.4, -0.2) is 14.2 Å². The normalized spacial score (nSPS) is 12.8. The van der Waals surface area contributed by atoms with Gasteiger partial charge in [0.1, 0.15) is 0 Å².